The molecule has 0 bridgehead atoms. The first-order valence-electron chi connectivity index (χ1n) is 39.6. The first-order valence-corrected chi connectivity index (χ1v) is 42.6. The third-order valence-electron chi connectivity index (χ3n) is 17.8. The van der Waals surface area contributed by atoms with Crippen molar-refractivity contribution in [2.45, 2.75) is 419 Å². The molecule has 0 heterocycles. The van der Waals surface area contributed by atoms with Gasteiger partial charge in [-0.15, -0.1) is 0 Å². The van der Waals surface area contributed by atoms with Crippen LogP contribution in [0.3, 0.4) is 0 Å². The molecule has 0 amide bonds. The lowest BCUT2D eigenvalue weighted by Gasteiger charge is -2.21. The van der Waals surface area contributed by atoms with Crippen molar-refractivity contribution in [3.05, 3.63) is 0 Å². The first-order chi connectivity index (χ1) is 46.0. The highest BCUT2D eigenvalue weighted by Gasteiger charge is 2.30. The van der Waals surface area contributed by atoms with E-state index in [-0.39, 0.29) is 25.7 Å². The van der Waals surface area contributed by atoms with Gasteiger partial charge in [-0.05, 0) is 31.6 Å². The lowest BCUT2D eigenvalue weighted by molar-refractivity contribution is -0.161. The van der Waals surface area contributed by atoms with Crippen molar-refractivity contribution in [1.82, 2.24) is 0 Å². The molecule has 0 rings (SSSR count). The SMILES string of the molecule is CCCCCCCCCCCCCCCCCCCCCCCC(=O)O[C@H](COC(=O)CCCCCCCCCCCCCCCCCC)COP(=O)(O)OC[C@@H](O)COP(=O)(O)OC[C@@H](COC(=O)CCCCCCC)OC(=O)CCCCCCCCCCCCC(C)C. The van der Waals surface area contributed by atoms with Crippen LogP contribution in [0.25, 0.3) is 0 Å². The number of esters is 4. The van der Waals surface area contributed by atoms with Crippen molar-refractivity contribution >= 4 is 39.5 Å². The van der Waals surface area contributed by atoms with Crippen molar-refractivity contribution < 1.29 is 80.2 Å². The smallest absolute Gasteiger partial charge is 0.462 e. The summed E-state index contributed by atoms with van der Waals surface area (Å²) < 4.78 is 68.3. The van der Waals surface area contributed by atoms with Crippen molar-refractivity contribution in [3.8, 4) is 0 Å². The van der Waals surface area contributed by atoms with Gasteiger partial charge in [0.2, 0.25) is 0 Å². The Bertz CT molecular complexity index is 1820. The maximum atomic E-state index is 13.1. The minimum atomic E-state index is -4.95. The molecule has 0 aromatic heterocycles. The predicted octanol–water partition coefficient (Wildman–Crippen LogP) is 22.5. The van der Waals surface area contributed by atoms with Gasteiger partial charge in [-0.1, -0.05) is 349 Å². The fraction of sp³-hybridized carbons (Fsp3) is 0.947. The van der Waals surface area contributed by atoms with E-state index in [9.17, 15) is 43.2 Å². The van der Waals surface area contributed by atoms with Gasteiger partial charge in [0, 0.05) is 25.7 Å². The van der Waals surface area contributed by atoms with Crippen LogP contribution in [-0.2, 0) is 65.4 Å². The Morgan fingerprint density at radius 1 is 0.284 bits per heavy atom. The Morgan fingerprint density at radius 3 is 0.716 bits per heavy atom. The molecule has 564 valence electrons. The molecule has 0 spiro atoms. The van der Waals surface area contributed by atoms with Crippen LogP contribution >= 0.6 is 15.6 Å². The Balaban J connectivity index is 5.12. The summed E-state index contributed by atoms with van der Waals surface area (Å²) >= 11 is 0. The number of aliphatic hydroxyl groups is 1. The molecular formula is C76H148O17P2. The van der Waals surface area contributed by atoms with E-state index in [0.717, 1.165) is 102 Å². The van der Waals surface area contributed by atoms with Crippen molar-refractivity contribution in [2.75, 3.05) is 39.6 Å². The van der Waals surface area contributed by atoms with E-state index in [1.807, 2.05) is 0 Å². The number of rotatable bonds is 76. The molecule has 0 aliphatic rings. The van der Waals surface area contributed by atoms with Crippen molar-refractivity contribution in [1.29, 1.82) is 0 Å². The second kappa shape index (κ2) is 69.2. The molecule has 0 aromatic rings. The van der Waals surface area contributed by atoms with E-state index in [1.165, 1.54) is 218 Å². The number of phosphoric ester groups is 2. The van der Waals surface area contributed by atoms with Crippen LogP contribution in [0.4, 0.5) is 0 Å². The summed E-state index contributed by atoms with van der Waals surface area (Å²) in [6.07, 6.45) is 58.8. The number of ether oxygens (including phenoxy) is 4. The second-order valence-corrected chi connectivity index (χ2v) is 30.8. The standard InChI is InChI=1S/C76H148O17P2/c1-6-9-12-15-17-19-21-23-25-27-28-29-30-31-33-35-37-42-46-51-56-61-76(81)93-72(66-87-74(79)60-55-50-45-41-36-34-32-26-24-22-20-18-16-13-10-7-2)68-91-95(84,85)89-64-70(77)63-88-94(82,83)90-67-71(65-86-73(78)59-54-48-14-11-8-3)92-75(80)62-57-52-47-43-39-38-40-44-49-53-58-69(4)5/h69-72,77H,6-68H2,1-5H3,(H,82,83)(H,84,85)/t70-,71+,72+/m0/s1. The Hall–Kier alpha value is -1.94. The minimum Gasteiger partial charge on any atom is -0.462 e. The van der Waals surface area contributed by atoms with E-state index in [4.69, 9.17) is 37.0 Å². The fourth-order valence-corrected chi connectivity index (χ4v) is 13.3. The van der Waals surface area contributed by atoms with Gasteiger partial charge in [0.05, 0.1) is 26.4 Å². The molecule has 5 atom stereocenters. The highest BCUT2D eigenvalue weighted by atomic mass is 31.2. The summed E-state index contributed by atoms with van der Waals surface area (Å²) in [4.78, 5) is 72.5. The molecule has 0 saturated heterocycles. The molecule has 0 aromatic carbocycles. The average molecular weight is 1400 g/mol. The molecule has 0 aliphatic heterocycles. The summed E-state index contributed by atoms with van der Waals surface area (Å²) in [7, 11) is -9.90. The molecule has 0 saturated carbocycles. The van der Waals surface area contributed by atoms with E-state index in [2.05, 4.69) is 34.6 Å². The van der Waals surface area contributed by atoms with Gasteiger partial charge in [0.1, 0.15) is 19.3 Å². The van der Waals surface area contributed by atoms with Gasteiger partial charge in [-0.25, -0.2) is 9.13 Å². The third kappa shape index (κ3) is 70.3. The highest BCUT2D eigenvalue weighted by molar-refractivity contribution is 7.47. The number of unbranched alkanes of at least 4 members (excludes halogenated alkanes) is 48. The molecule has 0 radical (unpaired) electrons. The van der Waals surface area contributed by atoms with Crippen LogP contribution < -0.4 is 0 Å². The lowest BCUT2D eigenvalue weighted by atomic mass is 10.0. The summed E-state index contributed by atoms with van der Waals surface area (Å²) in [5.41, 5.74) is 0. The molecule has 19 heteroatoms. The monoisotopic (exact) mass is 1400 g/mol. The number of carbonyl (C=O) groups is 4. The largest absolute Gasteiger partial charge is 0.472 e. The van der Waals surface area contributed by atoms with Gasteiger partial charge in [0.25, 0.3) is 0 Å². The van der Waals surface area contributed by atoms with Gasteiger partial charge in [-0.3, -0.25) is 37.3 Å². The van der Waals surface area contributed by atoms with E-state index in [0.29, 0.717) is 25.7 Å². The average Bonchev–Trinajstić information content (AvgIpc) is 2.13. The highest BCUT2D eigenvalue weighted by Crippen LogP contribution is 2.45. The van der Waals surface area contributed by atoms with Crippen LogP contribution in [-0.4, -0.2) is 96.7 Å². The molecule has 95 heavy (non-hydrogen) atoms. The van der Waals surface area contributed by atoms with Crippen LogP contribution in [0, 0.1) is 5.92 Å². The lowest BCUT2D eigenvalue weighted by Crippen LogP contribution is -2.30. The summed E-state index contributed by atoms with van der Waals surface area (Å²) in [6.45, 7) is 7.19. The maximum absolute atomic E-state index is 13.1. The fourth-order valence-electron chi connectivity index (χ4n) is 11.7. The van der Waals surface area contributed by atoms with Gasteiger partial charge in [0.15, 0.2) is 12.2 Å². The Labute approximate surface area is 581 Å². The molecular weight excluding hydrogens is 1250 g/mol. The third-order valence-corrected chi connectivity index (χ3v) is 19.7. The van der Waals surface area contributed by atoms with E-state index >= 15 is 0 Å². The van der Waals surface area contributed by atoms with E-state index in [1.54, 1.807) is 0 Å². The first kappa shape index (κ1) is 93.1. The van der Waals surface area contributed by atoms with Crippen LogP contribution in [0.15, 0.2) is 0 Å². The molecule has 17 nitrogen and oxygen atoms in total. The summed E-state index contributed by atoms with van der Waals surface area (Å²) in [6, 6.07) is 0. The van der Waals surface area contributed by atoms with Crippen LogP contribution in [0.1, 0.15) is 401 Å². The zero-order valence-corrected chi connectivity index (χ0v) is 63.6. The van der Waals surface area contributed by atoms with Crippen molar-refractivity contribution in [2.24, 2.45) is 5.92 Å². The van der Waals surface area contributed by atoms with Crippen LogP contribution in [0.2, 0.25) is 0 Å². The second-order valence-electron chi connectivity index (χ2n) is 27.9. The predicted molar refractivity (Wildman–Crippen MR) is 386 cm³/mol. The van der Waals surface area contributed by atoms with Crippen molar-refractivity contribution in [3.63, 3.8) is 0 Å². The Morgan fingerprint density at radius 2 is 0.484 bits per heavy atom. The topological polar surface area (TPSA) is 237 Å². The minimum absolute atomic E-state index is 0.105. The zero-order valence-electron chi connectivity index (χ0n) is 61.8. The Kier molecular flexibility index (Phi) is 67.7. The summed E-state index contributed by atoms with van der Waals surface area (Å²) in [5.74, 6) is -1.37. The van der Waals surface area contributed by atoms with Gasteiger partial charge < -0.3 is 33.8 Å². The number of carbonyl (C=O) groups excluding carboxylic acids is 4. The number of hydrogen-bond donors (Lipinski definition) is 3. The molecule has 3 N–H and O–H groups in total. The maximum Gasteiger partial charge on any atom is 0.472 e. The van der Waals surface area contributed by atoms with Crippen LogP contribution in [0.5, 0.6) is 0 Å². The normalized spacial score (nSPS) is 13.9. The number of hydrogen-bond acceptors (Lipinski definition) is 15. The molecule has 0 fully saturated rings. The summed E-state index contributed by atoms with van der Waals surface area (Å²) in [5, 5.41) is 10.6. The number of aliphatic hydroxyl groups excluding tert-OH is 1. The number of phosphoric acid groups is 2. The molecule has 2 unspecified atom stereocenters. The molecule has 0 aliphatic carbocycles. The van der Waals surface area contributed by atoms with Gasteiger partial charge >= 0.3 is 39.5 Å². The quantitative estimate of drug-likeness (QED) is 0.0222. The van der Waals surface area contributed by atoms with Gasteiger partial charge in [-0.2, -0.15) is 0 Å². The zero-order chi connectivity index (χ0) is 69.8. The van der Waals surface area contributed by atoms with E-state index < -0.39 is 97.5 Å².